The maximum absolute atomic E-state index is 10.4. The lowest BCUT2D eigenvalue weighted by molar-refractivity contribution is 0.190. The maximum atomic E-state index is 10.4. The van der Waals surface area contributed by atoms with E-state index in [4.69, 9.17) is 5.11 Å². The van der Waals surface area contributed by atoms with Crippen LogP contribution in [0, 0.1) is 0 Å². The van der Waals surface area contributed by atoms with Gasteiger partial charge in [0, 0.05) is 6.04 Å². The summed E-state index contributed by atoms with van der Waals surface area (Å²) in [6, 6.07) is 0.0873. The molecule has 0 aromatic heterocycles. The summed E-state index contributed by atoms with van der Waals surface area (Å²) >= 11 is 4.21. The fourth-order valence-electron chi connectivity index (χ4n) is 2.26. The minimum Gasteiger partial charge on any atom is -0.465 e. The molecule has 4 heteroatoms. The zero-order chi connectivity index (χ0) is 14.3. The maximum Gasteiger partial charge on any atom is 0.404 e. The van der Waals surface area contributed by atoms with Crippen molar-refractivity contribution in [1.82, 2.24) is 5.32 Å². The molecule has 0 aliphatic carbocycles. The fraction of sp³-hybridized carbons (Fsp3) is 0.933. The molecule has 0 saturated carbocycles. The van der Waals surface area contributed by atoms with Gasteiger partial charge in [-0.15, -0.1) is 0 Å². The molecular weight excluding hydrogens is 258 g/mol. The van der Waals surface area contributed by atoms with Crippen molar-refractivity contribution in [2.75, 3.05) is 5.75 Å². The lowest BCUT2D eigenvalue weighted by Crippen LogP contribution is -2.30. The Morgan fingerprint density at radius 2 is 1.37 bits per heavy atom. The van der Waals surface area contributed by atoms with E-state index >= 15 is 0 Å². The monoisotopic (exact) mass is 289 g/mol. The number of amides is 1. The summed E-state index contributed by atoms with van der Waals surface area (Å²) < 4.78 is 0. The zero-order valence-electron chi connectivity index (χ0n) is 12.4. The average molecular weight is 289 g/mol. The van der Waals surface area contributed by atoms with E-state index in [-0.39, 0.29) is 6.04 Å². The summed E-state index contributed by atoms with van der Waals surface area (Å²) in [5.74, 6) is 1.02. The first-order valence-electron chi connectivity index (χ1n) is 7.77. The highest BCUT2D eigenvalue weighted by molar-refractivity contribution is 7.80. The van der Waals surface area contributed by atoms with Gasteiger partial charge < -0.3 is 10.4 Å². The second-order valence-corrected chi connectivity index (χ2v) is 5.85. The molecule has 2 N–H and O–H groups in total. The number of carbonyl (C=O) groups is 1. The van der Waals surface area contributed by atoms with Gasteiger partial charge in [-0.05, 0) is 25.5 Å². The molecule has 0 rings (SSSR count). The van der Waals surface area contributed by atoms with Crippen LogP contribution in [0.4, 0.5) is 4.79 Å². The number of rotatable bonds is 13. The zero-order valence-corrected chi connectivity index (χ0v) is 13.3. The minimum absolute atomic E-state index is 0.0873. The fourth-order valence-corrected chi connectivity index (χ4v) is 2.48. The second-order valence-electron chi connectivity index (χ2n) is 5.40. The number of unbranched alkanes of at least 4 members (excludes halogenated alkanes) is 9. The highest BCUT2D eigenvalue weighted by atomic mass is 32.1. The van der Waals surface area contributed by atoms with E-state index < -0.39 is 6.09 Å². The predicted molar refractivity (Wildman–Crippen MR) is 85.3 cm³/mol. The van der Waals surface area contributed by atoms with Gasteiger partial charge in [-0.3, -0.25) is 0 Å². The molecule has 0 aromatic rings. The summed E-state index contributed by atoms with van der Waals surface area (Å²) in [7, 11) is 0. The Morgan fingerprint density at radius 3 is 1.79 bits per heavy atom. The molecule has 3 nitrogen and oxygen atoms in total. The number of carboxylic acid groups (broad SMARTS) is 1. The Labute approximate surface area is 124 Å². The van der Waals surface area contributed by atoms with Gasteiger partial charge in [0.15, 0.2) is 0 Å². The number of hydrogen-bond donors (Lipinski definition) is 3. The van der Waals surface area contributed by atoms with Gasteiger partial charge >= 0.3 is 6.09 Å². The third-order valence-corrected chi connectivity index (χ3v) is 3.73. The van der Waals surface area contributed by atoms with Crippen LogP contribution in [0.3, 0.4) is 0 Å². The Balaban J connectivity index is 3.08. The van der Waals surface area contributed by atoms with E-state index in [1.165, 1.54) is 57.8 Å². The largest absolute Gasteiger partial charge is 0.465 e. The van der Waals surface area contributed by atoms with Crippen molar-refractivity contribution in [3.8, 4) is 0 Å². The quantitative estimate of drug-likeness (QED) is 0.335. The van der Waals surface area contributed by atoms with Crippen molar-refractivity contribution in [2.24, 2.45) is 0 Å². The van der Waals surface area contributed by atoms with E-state index in [2.05, 4.69) is 17.9 Å². The van der Waals surface area contributed by atoms with E-state index in [1.807, 2.05) is 6.92 Å². The Bertz CT molecular complexity index is 212. The molecule has 0 saturated heterocycles. The van der Waals surface area contributed by atoms with Crippen molar-refractivity contribution in [1.29, 1.82) is 0 Å². The first-order valence-corrected chi connectivity index (χ1v) is 8.40. The number of hydrogen-bond acceptors (Lipinski definition) is 2. The first kappa shape index (κ1) is 18.6. The van der Waals surface area contributed by atoms with Crippen LogP contribution in [-0.2, 0) is 0 Å². The Hall–Kier alpha value is -0.380. The summed E-state index contributed by atoms with van der Waals surface area (Å²) in [4.78, 5) is 10.4. The molecule has 0 spiro atoms. The van der Waals surface area contributed by atoms with Gasteiger partial charge in [-0.25, -0.2) is 4.79 Å². The van der Waals surface area contributed by atoms with Gasteiger partial charge in [0.25, 0.3) is 0 Å². The molecular formula is C15H31NO2S. The van der Waals surface area contributed by atoms with E-state index in [9.17, 15) is 4.79 Å². The molecule has 1 amide bonds. The molecule has 0 heterocycles. The summed E-state index contributed by atoms with van der Waals surface area (Å²) in [6.07, 6.45) is 13.0. The standard InChI is InChI=1S/C15H31NO2S/c1-14(16-15(17)18)12-10-8-6-4-2-3-5-7-9-11-13-19/h14,16,19H,2-13H2,1H3,(H,17,18). The summed E-state index contributed by atoms with van der Waals surface area (Å²) in [5, 5.41) is 11.0. The lowest BCUT2D eigenvalue weighted by atomic mass is 10.0. The van der Waals surface area contributed by atoms with Crippen LogP contribution < -0.4 is 5.32 Å². The van der Waals surface area contributed by atoms with Gasteiger partial charge in [0.1, 0.15) is 0 Å². The molecule has 1 unspecified atom stereocenters. The average Bonchev–Trinajstić information content (AvgIpc) is 2.35. The van der Waals surface area contributed by atoms with Crippen molar-refractivity contribution in [3.05, 3.63) is 0 Å². The lowest BCUT2D eigenvalue weighted by Gasteiger charge is -2.10. The van der Waals surface area contributed by atoms with Crippen LogP contribution in [0.2, 0.25) is 0 Å². The summed E-state index contributed by atoms with van der Waals surface area (Å²) in [6.45, 7) is 1.93. The van der Waals surface area contributed by atoms with E-state index in [0.717, 1.165) is 18.6 Å². The Morgan fingerprint density at radius 1 is 0.947 bits per heavy atom. The molecule has 0 aromatic carbocycles. The predicted octanol–water partition coefficient (Wildman–Crippen LogP) is 4.86. The minimum atomic E-state index is -0.912. The third kappa shape index (κ3) is 15.6. The molecule has 114 valence electrons. The van der Waals surface area contributed by atoms with Crippen molar-refractivity contribution in [3.63, 3.8) is 0 Å². The van der Waals surface area contributed by atoms with Crippen molar-refractivity contribution in [2.45, 2.75) is 83.6 Å². The first-order chi connectivity index (χ1) is 9.16. The number of nitrogens with one attached hydrogen (secondary N) is 1. The number of thiol groups is 1. The molecule has 19 heavy (non-hydrogen) atoms. The van der Waals surface area contributed by atoms with Crippen LogP contribution in [-0.4, -0.2) is 23.0 Å². The third-order valence-electron chi connectivity index (χ3n) is 3.42. The van der Waals surface area contributed by atoms with Crippen LogP contribution in [0.1, 0.15) is 77.6 Å². The second kappa shape index (κ2) is 14.0. The molecule has 1 atom stereocenters. The molecule has 0 radical (unpaired) electrons. The van der Waals surface area contributed by atoms with Crippen LogP contribution >= 0.6 is 12.6 Å². The highest BCUT2D eigenvalue weighted by Gasteiger charge is 2.03. The Kier molecular flexibility index (Phi) is 13.8. The molecule has 0 bridgehead atoms. The molecule has 0 aliphatic rings. The topological polar surface area (TPSA) is 49.3 Å². The molecule has 0 fully saturated rings. The summed E-state index contributed by atoms with van der Waals surface area (Å²) in [5.41, 5.74) is 0. The highest BCUT2D eigenvalue weighted by Crippen LogP contribution is 2.12. The van der Waals surface area contributed by atoms with Gasteiger partial charge in [0.2, 0.25) is 0 Å². The van der Waals surface area contributed by atoms with Crippen molar-refractivity contribution < 1.29 is 9.90 Å². The van der Waals surface area contributed by atoms with Crippen LogP contribution in [0.15, 0.2) is 0 Å². The normalized spacial score (nSPS) is 12.3. The van der Waals surface area contributed by atoms with Crippen LogP contribution in [0.5, 0.6) is 0 Å². The molecule has 0 aliphatic heterocycles. The van der Waals surface area contributed by atoms with Crippen LogP contribution in [0.25, 0.3) is 0 Å². The van der Waals surface area contributed by atoms with E-state index in [1.54, 1.807) is 0 Å². The SMILES string of the molecule is CC(CCCCCCCCCCCCS)NC(=O)O. The van der Waals surface area contributed by atoms with Gasteiger partial charge in [-0.2, -0.15) is 12.6 Å². The van der Waals surface area contributed by atoms with Gasteiger partial charge in [0.05, 0.1) is 0 Å². The van der Waals surface area contributed by atoms with E-state index in [0.29, 0.717) is 0 Å². The smallest absolute Gasteiger partial charge is 0.404 e. The van der Waals surface area contributed by atoms with Crippen molar-refractivity contribution >= 4 is 18.7 Å². The van der Waals surface area contributed by atoms with Gasteiger partial charge in [-0.1, -0.05) is 57.8 Å².